The number of rotatable bonds is 7. The zero-order chi connectivity index (χ0) is 20.9. The summed E-state index contributed by atoms with van der Waals surface area (Å²) >= 11 is 0. The predicted molar refractivity (Wildman–Crippen MR) is 113 cm³/mol. The molecule has 5 N–H and O–H groups in total. The van der Waals surface area contributed by atoms with Gasteiger partial charge in [0.05, 0.1) is 4.90 Å². The molecular weight excluding hydrogens is 386 g/mol. The molecule has 0 spiro atoms. The molecule has 0 aromatic heterocycles. The zero-order valence-electron chi connectivity index (χ0n) is 16.0. The van der Waals surface area contributed by atoms with E-state index in [-0.39, 0.29) is 22.9 Å². The van der Waals surface area contributed by atoms with Crippen LogP contribution in [0.15, 0.2) is 89.8 Å². The standard InChI is InChI=1S/C22H23N3O3S/c1-16(22(26)25-19-12-14-20(15-13-19)29(23,27)28)24-21(17-8-4-2-5-9-17)18-10-6-3-7-11-18/h2-16,21,24H,1H3,(H,25,26)(H2,23,27,28)/p+1/t16-/m0/s1. The van der Waals surface area contributed by atoms with Crippen LogP contribution in [0.2, 0.25) is 0 Å². The van der Waals surface area contributed by atoms with Crippen LogP contribution in [0.5, 0.6) is 0 Å². The van der Waals surface area contributed by atoms with Gasteiger partial charge in [-0.1, -0.05) is 60.7 Å². The highest BCUT2D eigenvalue weighted by atomic mass is 32.2. The van der Waals surface area contributed by atoms with E-state index in [0.29, 0.717) is 5.69 Å². The molecule has 29 heavy (non-hydrogen) atoms. The molecule has 3 aromatic carbocycles. The van der Waals surface area contributed by atoms with Crippen LogP contribution in [0, 0.1) is 0 Å². The molecule has 0 aliphatic carbocycles. The molecule has 1 amide bonds. The first kappa shape index (κ1) is 20.7. The van der Waals surface area contributed by atoms with Gasteiger partial charge in [0.15, 0.2) is 6.04 Å². The van der Waals surface area contributed by atoms with E-state index in [1.165, 1.54) is 24.3 Å². The topological polar surface area (TPSA) is 106 Å². The molecule has 0 aliphatic heterocycles. The van der Waals surface area contributed by atoms with Crippen molar-refractivity contribution >= 4 is 21.6 Å². The Morgan fingerprint density at radius 1 is 0.862 bits per heavy atom. The second kappa shape index (κ2) is 9.00. The molecule has 0 unspecified atom stereocenters. The summed E-state index contributed by atoms with van der Waals surface area (Å²) in [6.45, 7) is 1.84. The van der Waals surface area contributed by atoms with Crippen molar-refractivity contribution in [3.05, 3.63) is 96.1 Å². The van der Waals surface area contributed by atoms with Crippen LogP contribution in [0.1, 0.15) is 24.1 Å². The fraction of sp³-hybridized carbons (Fsp3) is 0.136. The summed E-state index contributed by atoms with van der Waals surface area (Å²) < 4.78 is 22.7. The number of sulfonamides is 1. The van der Waals surface area contributed by atoms with Crippen LogP contribution in [-0.4, -0.2) is 20.4 Å². The number of quaternary nitrogens is 1. The van der Waals surface area contributed by atoms with Gasteiger partial charge in [-0.05, 0) is 31.2 Å². The SMILES string of the molecule is C[C@H]([NH2+]C(c1ccccc1)c1ccccc1)C(=O)Nc1ccc(S(N)(=O)=O)cc1. The van der Waals surface area contributed by atoms with E-state index in [1.807, 2.05) is 72.9 Å². The average Bonchev–Trinajstić information content (AvgIpc) is 2.73. The molecule has 6 nitrogen and oxygen atoms in total. The highest BCUT2D eigenvalue weighted by molar-refractivity contribution is 7.89. The Hall–Kier alpha value is -3.00. The molecular formula is C22H24N3O3S+. The summed E-state index contributed by atoms with van der Waals surface area (Å²) in [5.74, 6) is -0.176. The van der Waals surface area contributed by atoms with E-state index in [9.17, 15) is 13.2 Å². The van der Waals surface area contributed by atoms with Gasteiger partial charge in [-0.25, -0.2) is 13.6 Å². The van der Waals surface area contributed by atoms with Crippen molar-refractivity contribution in [2.45, 2.75) is 23.9 Å². The minimum Gasteiger partial charge on any atom is -0.326 e. The van der Waals surface area contributed by atoms with Crippen molar-refractivity contribution < 1.29 is 18.5 Å². The van der Waals surface area contributed by atoms with Crippen LogP contribution in [0.3, 0.4) is 0 Å². The van der Waals surface area contributed by atoms with Crippen molar-refractivity contribution in [2.75, 3.05) is 5.32 Å². The maximum absolute atomic E-state index is 12.7. The summed E-state index contributed by atoms with van der Waals surface area (Å²) in [5, 5.41) is 9.94. The number of anilines is 1. The van der Waals surface area contributed by atoms with Crippen LogP contribution in [-0.2, 0) is 14.8 Å². The Morgan fingerprint density at radius 2 is 1.34 bits per heavy atom. The molecule has 0 radical (unpaired) electrons. The molecule has 0 aliphatic rings. The number of amides is 1. The lowest BCUT2D eigenvalue weighted by atomic mass is 9.98. The third kappa shape index (κ3) is 5.51. The van der Waals surface area contributed by atoms with Crippen molar-refractivity contribution in [3.8, 4) is 0 Å². The van der Waals surface area contributed by atoms with Crippen molar-refractivity contribution in [1.82, 2.24) is 0 Å². The summed E-state index contributed by atoms with van der Waals surface area (Å²) in [5.41, 5.74) is 2.73. The second-order valence-corrected chi connectivity index (χ2v) is 8.40. The normalized spacial score (nSPS) is 12.5. The molecule has 150 valence electrons. The Balaban J connectivity index is 1.74. The van der Waals surface area contributed by atoms with E-state index < -0.39 is 10.0 Å². The number of nitrogens with one attached hydrogen (secondary N) is 1. The fourth-order valence-electron chi connectivity index (χ4n) is 3.10. The van der Waals surface area contributed by atoms with Crippen LogP contribution in [0.4, 0.5) is 5.69 Å². The predicted octanol–water partition coefficient (Wildman–Crippen LogP) is 2.01. The van der Waals surface area contributed by atoms with Gasteiger partial charge in [-0.3, -0.25) is 4.79 Å². The van der Waals surface area contributed by atoms with Gasteiger partial charge in [0.25, 0.3) is 5.91 Å². The number of nitrogens with two attached hydrogens (primary N) is 2. The lowest BCUT2D eigenvalue weighted by molar-refractivity contribution is -0.704. The average molecular weight is 411 g/mol. The Labute approximate surface area is 170 Å². The number of carbonyl (C=O) groups is 1. The summed E-state index contributed by atoms with van der Waals surface area (Å²) in [4.78, 5) is 12.7. The van der Waals surface area contributed by atoms with Gasteiger partial charge in [0, 0.05) is 16.8 Å². The minimum absolute atomic E-state index is 0.00308. The van der Waals surface area contributed by atoms with Crippen molar-refractivity contribution in [1.29, 1.82) is 0 Å². The largest absolute Gasteiger partial charge is 0.326 e. The maximum atomic E-state index is 12.7. The highest BCUT2D eigenvalue weighted by Crippen LogP contribution is 2.18. The quantitative estimate of drug-likeness (QED) is 0.555. The number of benzene rings is 3. The molecule has 0 heterocycles. The Kier molecular flexibility index (Phi) is 6.43. The summed E-state index contributed by atoms with van der Waals surface area (Å²) in [6, 6.07) is 25.4. The van der Waals surface area contributed by atoms with Gasteiger partial charge in [0.1, 0.15) is 6.04 Å². The van der Waals surface area contributed by atoms with Gasteiger partial charge >= 0.3 is 0 Å². The third-order valence-corrected chi connectivity index (χ3v) is 5.59. The second-order valence-electron chi connectivity index (χ2n) is 6.84. The van der Waals surface area contributed by atoms with Crippen LogP contribution >= 0.6 is 0 Å². The van der Waals surface area contributed by atoms with E-state index >= 15 is 0 Å². The third-order valence-electron chi connectivity index (χ3n) is 4.66. The van der Waals surface area contributed by atoms with Gasteiger partial charge < -0.3 is 10.6 Å². The Bertz CT molecular complexity index is 1010. The molecule has 0 saturated heterocycles. The molecule has 0 bridgehead atoms. The molecule has 3 rings (SSSR count). The minimum atomic E-state index is -3.76. The molecule has 3 aromatic rings. The van der Waals surface area contributed by atoms with Crippen molar-refractivity contribution in [3.63, 3.8) is 0 Å². The van der Waals surface area contributed by atoms with Gasteiger partial charge in [-0.2, -0.15) is 0 Å². The lowest BCUT2D eigenvalue weighted by Gasteiger charge is -2.20. The number of carbonyl (C=O) groups excluding carboxylic acids is 1. The number of hydrogen-bond acceptors (Lipinski definition) is 3. The van der Waals surface area contributed by atoms with E-state index in [4.69, 9.17) is 5.14 Å². The first-order valence-corrected chi connectivity index (χ1v) is 10.8. The summed E-state index contributed by atoms with van der Waals surface area (Å²) in [7, 11) is -3.76. The number of primary sulfonamides is 1. The molecule has 1 atom stereocenters. The fourth-order valence-corrected chi connectivity index (χ4v) is 3.61. The smallest absolute Gasteiger partial charge is 0.282 e. The van der Waals surface area contributed by atoms with E-state index in [0.717, 1.165) is 11.1 Å². The Morgan fingerprint density at radius 3 is 1.79 bits per heavy atom. The highest BCUT2D eigenvalue weighted by Gasteiger charge is 2.24. The van der Waals surface area contributed by atoms with Gasteiger partial charge in [0.2, 0.25) is 10.0 Å². The van der Waals surface area contributed by atoms with Gasteiger partial charge in [-0.15, -0.1) is 0 Å². The molecule has 7 heteroatoms. The monoisotopic (exact) mass is 410 g/mol. The first-order valence-electron chi connectivity index (χ1n) is 9.23. The maximum Gasteiger partial charge on any atom is 0.282 e. The van der Waals surface area contributed by atoms with Crippen LogP contribution in [0.25, 0.3) is 0 Å². The molecule has 0 saturated carbocycles. The van der Waals surface area contributed by atoms with E-state index in [2.05, 4.69) is 5.32 Å². The summed E-state index contributed by atoms with van der Waals surface area (Å²) in [6.07, 6.45) is 0. The zero-order valence-corrected chi connectivity index (χ0v) is 16.8. The first-order chi connectivity index (χ1) is 13.8. The van der Waals surface area contributed by atoms with Crippen molar-refractivity contribution in [2.24, 2.45) is 5.14 Å². The molecule has 0 fully saturated rings. The lowest BCUT2D eigenvalue weighted by Crippen LogP contribution is -2.92. The van der Waals surface area contributed by atoms with E-state index in [1.54, 1.807) is 0 Å². The van der Waals surface area contributed by atoms with Crippen LogP contribution < -0.4 is 15.8 Å². The number of hydrogen-bond donors (Lipinski definition) is 3.